The van der Waals surface area contributed by atoms with Crippen LogP contribution in [0.3, 0.4) is 0 Å². The van der Waals surface area contributed by atoms with Crippen LogP contribution in [0.15, 0.2) is 4.42 Å². The normalized spacial score (nSPS) is 19.1. The van der Waals surface area contributed by atoms with E-state index in [9.17, 15) is 0 Å². The molecular formula is C15H25NO2. The predicted molar refractivity (Wildman–Crippen MR) is 72.8 cm³/mol. The molecule has 1 atom stereocenters. The molecule has 1 aliphatic rings. The van der Waals surface area contributed by atoms with Gasteiger partial charge < -0.3 is 14.9 Å². The monoisotopic (exact) mass is 251 g/mol. The van der Waals surface area contributed by atoms with Gasteiger partial charge in [-0.2, -0.15) is 0 Å². The fourth-order valence-corrected chi connectivity index (χ4v) is 2.78. The van der Waals surface area contributed by atoms with Crippen LogP contribution in [0.4, 0.5) is 0 Å². The first kappa shape index (κ1) is 13.6. The van der Waals surface area contributed by atoms with Crippen LogP contribution in [-0.2, 0) is 11.3 Å². The zero-order valence-electron chi connectivity index (χ0n) is 11.8. The van der Waals surface area contributed by atoms with Gasteiger partial charge in [-0.25, -0.2) is 0 Å². The number of rotatable bonds is 4. The number of furan rings is 1. The van der Waals surface area contributed by atoms with Gasteiger partial charge in [-0.05, 0) is 31.7 Å². The van der Waals surface area contributed by atoms with Gasteiger partial charge in [0.2, 0.25) is 0 Å². The molecule has 1 aromatic heterocycles. The third-order valence-corrected chi connectivity index (χ3v) is 4.20. The van der Waals surface area contributed by atoms with E-state index in [0.29, 0.717) is 18.4 Å². The molecule has 3 nitrogen and oxygen atoms in total. The van der Waals surface area contributed by atoms with E-state index in [-0.39, 0.29) is 0 Å². The summed E-state index contributed by atoms with van der Waals surface area (Å²) in [6.45, 7) is 8.84. The largest absolute Gasteiger partial charge is 0.465 e. The third kappa shape index (κ3) is 2.47. The van der Waals surface area contributed by atoms with Crippen LogP contribution in [0.5, 0.6) is 0 Å². The minimum absolute atomic E-state index is 0.454. The van der Waals surface area contributed by atoms with Crippen molar-refractivity contribution >= 4 is 0 Å². The van der Waals surface area contributed by atoms with Crippen molar-refractivity contribution in [2.24, 2.45) is 5.73 Å². The van der Waals surface area contributed by atoms with Crippen molar-refractivity contribution in [2.45, 2.75) is 58.4 Å². The van der Waals surface area contributed by atoms with Crippen molar-refractivity contribution < 1.29 is 9.15 Å². The first-order valence-electron chi connectivity index (χ1n) is 7.08. The van der Waals surface area contributed by atoms with Gasteiger partial charge in [0.25, 0.3) is 0 Å². The van der Waals surface area contributed by atoms with E-state index in [0.717, 1.165) is 44.0 Å². The highest BCUT2D eigenvalue weighted by Gasteiger charge is 2.26. The van der Waals surface area contributed by atoms with Gasteiger partial charge in [0.1, 0.15) is 11.5 Å². The molecule has 1 saturated heterocycles. The molecule has 2 rings (SSSR count). The van der Waals surface area contributed by atoms with Gasteiger partial charge in [0.15, 0.2) is 0 Å². The lowest BCUT2D eigenvalue weighted by Crippen LogP contribution is -2.14. The summed E-state index contributed by atoms with van der Waals surface area (Å²) >= 11 is 0. The standard InChI is InChI=1S/C15H25NO2/c1-4-10(2)14-13(9-16)11(3)15(18-14)12-5-7-17-8-6-12/h10,12H,4-9,16H2,1-3H3. The lowest BCUT2D eigenvalue weighted by atomic mass is 9.93. The maximum absolute atomic E-state index is 6.19. The molecular weight excluding hydrogens is 226 g/mol. The summed E-state index contributed by atoms with van der Waals surface area (Å²) in [5, 5.41) is 0. The summed E-state index contributed by atoms with van der Waals surface area (Å²) in [5.41, 5.74) is 8.41. The lowest BCUT2D eigenvalue weighted by Gasteiger charge is -2.20. The summed E-state index contributed by atoms with van der Waals surface area (Å²) in [6.07, 6.45) is 3.23. The van der Waals surface area contributed by atoms with Crippen molar-refractivity contribution in [1.82, 2.24) is 0 Å². The van der Waals surface area contributed by atoms with Crippen LogP contribution in [0, 0.1) is 6.92 Å². The fraction of sp³-hybridized carbons (Fsp3) is 0.733. The van der Waals surface area contributed by atoms with E-state index in [2.05, 4.69) is 20.8 Å². The average molecular weight is 251 g/mol. The number of hydrogen-bond donors (Lipinski definition) is 1. The van der Waals surface area contributed by atoms with Gasteiger partial charge in [-0.1, -0.05) is 13.8 Å². The Labute approximate surface area is 110 Å². The van der Waals surface area contributed by atoms with E-state index in [4.69, 9.17) is 14.9 Å². The molecule has 2 heterocycles. The summed E-state index contributed by atoms with van der Waals surface area (Å²) < 4.78 is 11.6. The van der Waals surface area contributed by atoms with Gasteiger partial charge in [-0.15, -0.1) is 0 Å². The molecule has 1 aliphatic heterocycles. The topological polar surface area (TPSA) is 48.4 Å². The lowest BCUT2D eigenvalue weighted by molar-refractivity contribution is 0.0801. The second-order valence-corrected chi connectivity index (χ2v) is 5.33. The number of ether oxygens (including phenoxy) is 1. The Morgan fingerprint density at radius 2 is 2.00 bits per heavy atom. The SMILES string of the molecule is CCC(C)c1oc(C2CCOCC2)c(C)c1CN. The Morgan fingerprint density at radius 1 is 1.33 bits per heavy atom. The number of hydrogen-bond acceptors (Lipinski definition) is 3. The summed E-state index contributed by atoms with van der Waals surface area (Å²) in [7, 11) is 0. The van der Waals surface area contributed by atoms with Crippen LogP contribution in [0.1, 0.15) is 67.6 Å². The van der Waals surface area contributed by atoms with Crippen LogP contribution >= 0.6 is 0 Å². The number of nitrogens with two attached hydrogens (primary N) is 1. The van der Waals surface area contributed by atoms with E-state index in [1.54, 1.807) is 0 Å². The van der Waals surface area contributed by atoms with E-state index in [1.807, 2.05) is 0 Å². The van der Waals surface area contributed by atoms with Crippen LogP contribution < -0.4 is 5.73 Å². The highest BCUT2D eigenvalue weighted by molar-refractivity contribution is 5.36. The maximum atomic E-state index is 6.19. The first-order chi connectivity index (χ1) is 8.69. The fourth-order valence-electron chi connectivity index (χ4n) is 2.78. The molecule has 0 saturated carbocycles. The quantitative estimate of drug-likeness (QED) is 0.891. The molecule has 18 heavy (non-hydrogen) atoms. The molecule has 0 bridgehead atoms. The Bertz CT molecular complexity index is 391. The van der Waals surface area contributed by atoms with Gasteiger partial charge >= 0.3 is 0 Å². The highest BCUT2D eigenvalue weighted by Crippen LogP contribution is 2.37. The van der Waals surface area contributed by atoms with Crippen molar-refractivity contribution in [2.75, 3.05) is 13.2 Å². The van der Waals surface area contributed by atoms with Crippen molar-refractivity contribution in [1.29, 1.82) is 0 Å². The molecule has 102 valence electrons. The molecule has 0 aliphatic carbocycles. The Morgan fingerprint density at radius 3 is 2.56 bits per heavy atom. The van der Waals surface area contributed by atoms with Gasteiger partial charge in [-0.3, -0.25) is 0 Å². The van der Waals surface area contributed by atoms with Crippen molar-refractivity contribution in [3.63, 3.8) is 0 Å². The predicted octanol–water partition coefficient (Wildman–Crippen LogP) is 3.45. The highest BCUT2D eigenvalue weighted by atomic mass is 16.5. The van der Waals surface area contributed by atoms with Gasteiger partial charge in [0, 0.05) is 37.2 Å². The smallest absolute Gasteiger partial charge is 0.111 e. The van der Waals surface area contributed by atoms with Crippen LogP contribution in [-0.4, -0.2) is 13.2 Å². The van der Waals surface area contributed by atoms with E-state index in [1.165, 1.54) is 11.1 Å². The van der Waals surface area contributed by atoms with Crippen LogP contribution in [0.25, 0.3) is 0 Å². The zero-order valence-corrected chi connectivity index (χ0v) is 11.8. The maximum Gasteiger partial charge on any atom is 0.111 e. The molecule has 0 amide bonds. The second kappa shape index (κ2) is 5.89. The van der Waals surface area contributed by atoms with E-state index < -0.39 is 0 Å². The van der Waals surface area contributed by atoms with Crippen LogP contribution in [0.2, 0.25) is 0 Å². The molecule has 1 unspecified atom stereocenters. The molecule has 0 aromatic carbocycles. The molecule has 0 radical (unpaired) electrons. The molecule has 2 N–H and O–H groups in total. The van der Waals surface area contributed by atoms with E-state index >= 15 is 0 Å². The third-order valence-electron chi connectivity index (χ3n) is 4.20. The molecule has 0 spiro atoms. The average Bonchev–Trinajstić information content (AvgIpc) is 2.75. The summed E-state index contributed by atoms with van der Waals surface area (Å²) in [5.74, 6) is 3.24. The summed E-state index contributed by atoms with van der Waals surface area (Å²) in [4.78, 5) is 0. The van der Waals surface area contributed by atoms with Crippen molar-refractivity contribution in [3.8, 4) is 0 Å². The Kier molecular flexibility index (Phi) is 4.46. The zero-order chi connectivity index (χ0) is 13.1. The molecule has 3 heteroatoms. The first-order valence-corrected chi connectivity index (χ1v) is 7.08. The molecule has 1 fully saturated rings. The minimum atomic E-state index is 0.454. The summed E-state index contributed by atoms with van der Waals surface area (Å²) in [6, 6.07) is 0. The van der Waals surface area contributed by atoms with Gasteiger partial charge in [0.05, 0.1) is 0 Å². The minimum Gasteiger partial charge on any atom is -0.465 e. The Balaban J connectivity index is 2.33. The second-order valence-electron chi connectivity index (χ2n) is 5.33. The molecule has 1 aromatic rings. The van der Waals surface area contributed by atoms with Crippen molar-refractivity contribution in [3.05, 3.63) is 22.6 Å². The Hall–Kier alpha value is -0.800.